The predicted molar refractivity (Wildman–Crippen MR) is 71.3 cm³/mol. The van der Waals surface area contributed by atoms with Crippen molar-refractivity contribution in [3.05, 3.63) is 11.6 Å². The molecule has 1 heterocycles. The monoisotopic (exact) mass is 260 g/mol. The van der Waals surface area contributed by atoms with Gasteiger partial charge < -0.3 is 9.84 Å². The number of fused-ring (bicyclic) bond motifs is 1. The molecule has 3 heteroatoms. The van der Waals surface area contributed by atoms with Crippen LogP contribution >= 0.6 is 0 Å². The number of terminal acetylenes is 1. The zero-order chi connectivity index (χ0) is 13.9. The molecule has 19 heavy (non-hydrogen) atoms. The second-order valence-corrected chi connectivity index (χ2v) is 6.64. The summed E-state index contributed by atoms with van der Waals surface area (Å²) in [5.41, 5.74) is 0.340. The van der Waals surface area contributed by atoms with E-state index in [0.29, 0.717) is 6.42 Å². The van der Waals surface area contributed by atoms with Gasteiger partial charge in [-0.1, -0.05) is 12.5 Å². The van der Waals surface area contributed by atoms with Crippen LogP contribution in [0.2, 0.25) is 0 Å². The summed E-state index contributed by atoms with van der Waals surface area (Å²) in [6, 6.07) is 0. The van der Waals surface area contributed by atoms with Crippen LogP contribution < -0.4 is 0 Å². The van der Waals surface area contributed by atoms with Gasteiger partial charge in [0.25, 0.3) is 0 Å². The van der Waals surface area contributed by atoms with Crippen molar-refractivity contribution in [2.45, 2.75) is 50.7 Å². The smallest absolute Gasteiger partial charge is 0.156 e. The standard InChI is InChI=1S/C16H20O3/c1-4-11-7-13(18)8-12-5-6-16(9-14(11,12)2)15(3,10-17)19-16/h1,8,11,17H,5-7,9-10H2,2-3H3/t11-,14+,15?,16?/m1/s1. The molecule has 0 aromatic rings. The number of hydrogen-bond acceptors (Lipinski definition) is 3. The Bertz CT molecular complexity index is 515. The van der Waals surface area contributed by atoms with Crippen molar-refractivity contribution in [1.29, 1.82) is 0 Å². The number of ether oxygens (including phenoxy) is 1. The molecule has 1 N–H and O–H groups in total. The van der Waals surface area contributed by atoms with Crippen LogP contribution in [0.4, 0.5) is 0 Å². The molecular weight excluding hydrogens is 240 g/mol. The van der Waals surface area contributed by atoms with Gasteiger partial charge in [0.1, 0.15) is 11.2 Å². The van der Waals surface area contributed by atoms with Crippen molar-refractivity contribution in [2.24, 2.45) is 11.3 Å². The highest BCUT2D eigenvalue weighted by Crippen LogP contribution is 2.64. The number of hydrogen-bond donors (Lipinski definition) is 1. The first kappa shape index (κ1) is 12.9. The van der Waals surface area contributed by atoms with Gasteiger partial charge in [0.05, 0.1) is 6.61 Å². The highest BCUT2D eigenvalue weighted by Gasteiger charge is 2.70. The summed E-state index contributed by atoms with van der Waals surface area (Å²) in [6.07, 6.45) is 10.4. The molecule has 0 aromatic carbocycles. The maximum Gasteiger partial charge on any atom is 0.156 e. The molecule has 3 rings (SSSR count). The van der Waals surface area contributed by atoms with Gasteiger partial charge in [0.15, 0.2) is 5.78 Å². The molecule has 3 nitrogen and oxygen atoms in total. The van der Waals surface area contributed by atoms with Crippen molar-refractivity contribution in [3.8, 4) is 12.3 Å². The molecule has 0 bridgehead atoms. The van der Waals surface area contributed by atoms with E-state index >= 15 is 0 Å². The number of allylic oxidation sites excluding steroid dienone is 2. The van der Waals surface area contributed by atoms with Crippen LogP contribution in [-0.2, 0) is 9.53 Å². The minimum atomic E-state index is -0.428. The third kappa shape index (κ3) is 1.57. The number of carbonyl (C=O) groups excluding carboxylic acids is 1. The average Bonchev–Trinajstić information content (AvgIpc) is 2.94. The van der Waals surface area contributed by atoms with Crippen LogP contribution in [0.25, 0.3) is 0 Å². The Morgan fingerprint density at radius 2 is 2.32 bits per heavy atom. The van der Waals surface area contributed by atoms with E-state index in [9.17, 15) is 9.90 Å². The van der Waals surface area contributed by atoms with Gasteiger partial charge in [-0.15, -0.1) is 12.3 Å². The van der Waals surface area contributed by atoms with Gasteiger partial charge in [0.2, 0.25) is 0 Å². The molecular formula is C16H20O3. The van der Waals surface area contributed by atoms with E-state index in [4.69, 9.17) is 11.2 Å². The fourth-order valence-electron chi connectivity index (χ4n) is 4.04. The van der Waals surface area contributed by atoms with Gasteiger partial charge in [-0.05, 0) is 32.3 Å². The molecule has 0 aromatic heterocycles. The normalized spacial score (nSPS) is 48.4. The predicted octanol–water partition coefficient (Wildman–Crippen LogP) is 1.85. The first-order valence-electron chi connectivity index (χ1n) is 6.90. The molecule has 0 amide bonds. The van der Waals surface area contributed by atoms with Crippen LogP contribution in [0.1, 0.15) is 39.5 Å². The molecule has 1 saturated heterocycles. The van der Waals surface area contributed by atoms with Gasteiger partial charge in [-0.3, -0.25) is 4.79 Å². The quantitative estimate of drug-likeness (QED) is 0.578. The fraction of sp³-hybridized carbons (Fsp3) is 0.688. The molecule has 102 valence electrons. The lowest BCUT2D eigenvalue weighted by Gasteiger charge is -2.45. The highest BCUT2D eigenvalue weighted by molar-refractivity contribution is 5.92. The van der Waals surface area contributed by atoms with Crippen molar-refractivity contribution in [1.82, 2.24) is 0 Å². The summed E-state index contributed by atoms with van der Waals surface area (Å²) in [7, 11) is 0. The number of carbonyl (C=O) groups is 1. The van der Waals surface area contributed by atoms with Crippen molar-refractivity contribution in [2.75, 3.05) is 6.61 Å². The minimum Gasteiger partial charge on any atom is -0.393 e. The maximum absolute atomic E-state index is 11.7. The molecule has 1 aliphatic heterocycles. The highest BCUT2D eigenvalue weighted by atomic mass is 16.6. The first-order valence-corrected chi connectivity index (χ1v) is 6.90. The SMILES string of the molecule is C#C[C@@H]1CC(=O)C=C2CCC3(C[C@]21C)OC3(C)CO. The Morgan fingerprint density at radius 3 is 2.89 bits per heavy atom. The van der Waals surface area contributed by atoms with Crippen LogP contribution in [0.5, 0.6) is 0 Å². The van der Waals surface area contributed by atoms with Gasteiger partial charge >= 0.3 is 0 Å². The van der Waals surface area contributed by atoms with Crippen LogP contribution in [-0.4, -0.2) is 28.7 Å². The van der Waals surface area contributed by atoms with E-state index in [1.807, 2.05) is 6.92 Å². The Balaban J connectivity index is 1.96. The van der Waals surface area contributed by atoms with E-state index in [1.165, 1.54) is 5.57 Å². The van der Waals surface area contributed by atoms with E-state index in [2.05, 4.69) is 12.8 Å². The van der Waals surface area contributed by atoms with Crippen molar-refractivity contribution in [3.63, 3.8) is 0 Å². The number of epoxide rings is 1. The summed E-state index contributed by atoms with van der Waals surface area (Å²) in [5, 5.41) is 9.49. The molecule has 2 unspecified atom stereocenters. The number of aliphatic hydroxyl groups excluding tert-OH is 1. The minimum absolute atomic E-state index is 0.0434. The third-order valence-electron chi connectivity index (χ3n) is 5.54. The summed E-state index contributed by atoms with van der Waals surface area (Å²) in [5.74, 6) is 2.90. The number of aliphatic hydroxyl groups is 1. The Morgan fingerprint density at radius 1 is 1.58 bits per heavy atom. The zero-order valence-electron chi connectivity index (χ0n) is 11.5. The first-order chi connectivity index (χ1) is 8.89. The van der Waals surface area contributed by atoms with Crippen LogP contribution in [0.3, 0.4) is 0 Å². The number of ketones is 1. The third-order valence-corrected chi connectivity index (χ3v) is 5.54. The van der Waals surface area contributed by atoms with Crippen molar-refractivity contribution >= 4 is 5.78 Å². The second kappa shape index (κ2) is 3.71. The average molecular weight is 260 g/mol. The molecule has 0 radical (unpaired) electrons. The lowest BCUT2D eigenvalue weighted by atomic mass is 9.56. The molecule has 1 saturated carbocycles. The maximum atomic E-state index is 11.7. The molecule has 2 fully saturated rings. The number of rotatable bonds is 1. The van der Waals surface area contributed by atoms with Gasteiger partial charge in [0, 0.05) is 17.8 Å². The Kier molecular flexibility index (Phi) is 2.52. The zero-order valence-corrected chi connectivity index (χ0v) is 11.5. The van der Waals surface area contributed by atoms with Gasteiger partial charge in [-0.2, -0.15) is 0 Å². The largest absolute Gasteiger partial charge is 0.393 e. The molecule has 3 aliphatic rings. The lowest BCUT2D eigenvalue weighted by molar-refractivity contribution is -0.117. The fourth-order valence-corrected chi connectivity index (χ4v) is 4.04. The Labute approximate surface area is 114 Å². The van der Waals surface area contributed by atoms with Gasteiger partial charge in [-0.25, -0.2) is 0 Å². The van der Waals surface area contributed by atoms with Crippen molar-refractivity contribution < 1.29 is 14.6 Å². The van der Waals surface area contributed by atoms with E-state index in [1.54, 1.807) is 6.08 Å². The summed E-state index contributed by atoms with van der Waals surface area (Å²) < 4.78 is 5.89. The molecule has 4 atom stereocenters. The molecule has 1 spiro atoms. The second-order valence-electron chi connectivity index (χ2n) is 6.64. The van der Waals surface area contributed by atoms with E-state index in [0.717, 1.165) is 19.3 Å². The summed E-state index contributed by atoms with van der Waals surface area (Å²) >= 11 is 0. The summed E-state index contributed by atoms with van der Waals surface area (Å²) in [6.45, 7) is 4.15. The Hall–Kier alpha value is -1.11. The molecule has 2 aliphatic carbocycles. The lowest BCUT2D eigenvalue weighted by Crippen LogP contribution is -2.44. The van der Waals surface area contributed by atoms with E-state index < -0.39 is 5.60 Å². The van der Waals surface area contributed by atoms with Crippen LogP contribution in [0, 0.1) is 23.7 Å². The summed E-state index contributed by atoms with van der Waals surface area (Å²) in [4.78, 5) is 11.7. The topological polar surface area (TPSA) is 49.8 Å². The van der Waals surface area contributed by atoms with E-state index in [-0.39, 0.29) is 29.3 Å². The van der Waals surface area contributed by atoms with Crippen LogP contribution in [0.15, 0.2) is 11.6 Å².